The third kappa shape index (κ3) is 4.03. The van der Waals surface area contributed by atoms with E-state index in [9.17, 15) is 13.2 Å². The van der Waals surface area contributed by atoms with E-state index in [1.165, 1.54) is 19.2 Å². The molecule has 0 radical (unpaired) electrons. The summed E-state index contributed by atoms with van der Waals surface area (Å²) in [6.45, 7) is 0.127. The quantitative estimate of drug-likeness (QED) is 0.439. The molecular formula is C22H17F3N2O2. The molecule has 148 valence electrons. The van der Waals surface area contributed by atoms with E-state index >= 15 is 0 Å². The van der Waals surface area contributed by atoms with Gasteiger partial charge in [0.25, 0.3) is 0 Å². The number of aromatic nitrogens is 2. The molecule has 4 aromatic rings. The lowest BCUT2D eigenvalue weighted by molar-refractivity contribution is -0.137. The van der Waals surface area contributed by atoms with Gasteiger partial charge in [0, 0.05) is 18.0 Å². The first-order valence-electron chi connectivity index (χ1n) is 8.85. The Bertz CT molecular complexity index is 1100. The smallest absolute Gasteiger partial charge is 0.416 e. The van der Waals surface area contributed by atoms with Crippen molar-refractivity contribution in [1.82, 2.24) is 9.38 Å². The van der Waals surface area contributed by atoms with Crippen molar-refractivity contribution in [2.24, 2.45) is 0 Å². The van der Waals surface area contributed by atoms with Gasteiger partial charge in [0.05, 0.1) is 18.4 Å². The SMILES string of the molecule is COc1cc(-c2cn3ccccc3n2)ccc1OCc1ccc(C(F)(F)F)cc1. The molecule has 0 fully saturated rings. The van der Waals surface area contributed by atoms with E-state index in [2.05, 4.69) is 4.98 Å². The van der Waals surface area contributed by atoms with Gasteiger partial charge < -0.3 is 13.9 Å². The number of hydrogen-bond donors (Lipinski definition) is 0. The molecule has 2 aromatic carbocycles. The van der Waals surface area contributed by atoms with Crippen molar-refractivity contribution in [2.75, 3.05) is 7.11 Å². The third-order valence-electron chi connectivity index (χ3n) is 4.50. The van der Waals surface area contributed by atoms with E-state index in [1.807, 2.05) is 47.1 Å². The highest BCUT2D eigenvalue weighted by Gasteiger charge is 2.29. The number of methoxy groups -OCH3 is 1. The number of fused-ring (bicyclic) bond motifs is 1. The Kier molecular flexibility index (Phi) is 4.88. The predicted octanol–water partition coefficient (Wildman–Crippen LogP) is 5.61. The normalized spacial score (nSPS) is 11.6. The number of ether oxygens (including phenoxy) is 2. The molecule has 0 aliphatic rings. The fraction of sp³-hybridized carbons (Fsp3) is 0.136. The maximum Gasteiger partial charge on any atom is 0.416 e. The maximum atomic E-state index is 12.7. The van der Waals surface area contributed by atoms with Crippen molar-refractivity contribution in [3.8, 4) is 22.8 Å². The van der Waals surface area contributed by atoms with Crippen LogP contribution < -0.4 is 9.47 Å². The molecular weight excluding hydrogens is 381 g/mol. The van der Waals surface area contributed by atoms with Crippen LogP contribution in [-0.2, 0) is 12.8 Å². The monoisotopic (exact) mass is 398 g/mol. The van der Waals surface area contributed by atoms with Gasteiger partial charge in [-0.05, 0) is 48.0 Å². The number of pyridine rings is 1. The first-order chi connectivity index (χ1) is 13.9. The van der Waals surface area contributed by atoms with Gasteiger partial charge >= 0.3 is 6.18 Å². The number of hydrogen-bond acceptors (Lipinski definition) is 3. The average Bonchev–Trinajstić information content (AvgIpc) is 3.16. The summed E-state index contributed by atoms with van der Waals surface area (Å²) in [7, 11) is 1.54. The molecule has 2 heterocycles. The Morgan fingerprint density at radius 1 is 0.966 bits per heavy atom. The average molecular weight is 398 g/mol. The maximum absolute atomic E-state index is 12.7. The van der Waals surface area contributed by atoms with E-state index in [0.717, 1.165) is 29.0 Å². The Balaban J connectivity index is 1.52. The van der Waals surface area contributed by atoms with Crippen LogP contribution in [0, 0.1) is 0 Å². The lowest BCUT2D eigenvalue weighted by Gasteiger charge is -2.12. The Labute approximate surface area is 165 Å². The number of imidazole rings is 1. The zero-order valence-electron chi connectivity index (χ0n) is 15.5. The molecule has 0 saturated heterocycles. The molecule has 0 unspecified atom stereocenters. The minimum atomic E-state index is -4.35. The lowest BCUT2D eigenvalue weighted by Crippen LogP contribution is -2.05. The topological polar surface area (TPSA) is 35.8 Å². The molecule has 0 amide bonds. The number of alkyl halides is 3. The Hall–Kier alpha value is -3.48. The highest BCUT2D eigenvalue weighted by atomic mass is 19.4. The summed E-state index contributed by atoms with van der Waals surface area (Å²) in [6, 6.07) is 16.1. The highest BCUT2D eigenvalue weighted by Crippen LogP contribution is 2.33. The summed E-state index contributed by atoms with van der Waals surface area (Å²) < 4.78 is 51.1. The molecule has 0 saturated carbocycles. The highest BCUT2D eigenvalue weighted by molar-refractivity contribution is 5.66. The number of nitrogens with zero attached hydrogens (tertiary/aromatic N) is 2. The van der Waals surface area contributed by atoms with Crippen LogP contribution in [0.3, 0.4) is 0 Å². The van der Waals surface area contributed by atoms with Crippen molar-refractivity contribution in [1.29, 1.82) is 0 Å². The molecule has 0 bridgehead atoms. The second kappa shape index (κ2) is 7.50. The van der Waals surface area contributed by atoms with E-state index in [4.69, 9.17) is 9.47 Å². The van der Waals surface area contributed by atoms with Gasteiger partial charge in [-0.15, -0.1) is 0 Å². The summed E-state index contributed by atoms with van der Waals surface area (Å²) in [5.41, 5.74) is 2.44. The van der Waals surface area contributed by atoms with E-state index in [0.29, 0.717) is 17.1 Å². The van der Waals surface area contributed by atoms with Crippen LogP contribution in [0.2, 0.25) is 0 Å². The fourth-order valence-electron chi connectivity index (χ4n) is 2.97. The molecule has 0 N–H and O–H groups in total. The zero-order chi connectivity index (χ0) is 20.4. The standard InChI is InChI=1S/C22H17F3N2O2/c1-28-20-12-16(18-13-27-11-3-2-4-21(27)26-18)7-10-19(20)29-14-15-5-8-17(9-6-15)22(23,24)25/h2-13H,14H2,1H3. The van der Waals surface area contributed by atoms with Crippen LogP contribution >= 0.6 is 0 Å². The third-order valence-corrected chi connectivity index (χ3v) is 4.50. The van der Waals surface area contributed by atoms with Crippen molar-refractivity contribution in [2.45, 2.75) is 12.8 Å². The first-order valence-corrected chi connectivity index (χ1v) is 8.85. The number of benzene rings is 2. The van der Waals surface area contributed by atoms with Gasteiger partial charge in [0.15, 0.2) is 11.5 Å². The predicted molar refractivity (Wildman–Crippen MR) is 103 cm³/mol. The molecule has 0 aliphatic heterocycles. The molecule has 0 aliphatic carbocycles. The summed E-state index contributed by atoms with van der Waals surface area (Å²) >= 11 is 0. The van der Waals surface area contributed by atoms with Crippen LogP contribution in [0.25, 0.3) is 16.9 Å². The molecule has 4 nitrogen and oxygen atoms in total. The zero-order valence-corrected chi connectivity index (χ0v) is 15.5. The Morgan fingerprint density at radius 2 is 1.76 bits per heavy atom. The van der Waals surface area contributed by atoms with Crippen molar-refractivity contribution in [3.05, 3.63) is 84.2 Å². The van der Waals surface area contributed by atoms with Crippen molar-refractivity contribution >= 4 is 5.65 Å². The minimum absolute atomic E-state index is 0.127. The second-order valence-electron chi connectivity index (χ2n) is 6.44. The molecule has 29 heavy (non-hydrogen) atoms. The number of halogens is 3. The lowest BCUT2D eigenvalue weighted by atomic mass is 10.1. The molecule has 2 aromatic heterocycles. The van der Waals surface area contributed by atoms with Gasteiger partial charge in [-0.1, -0.05) is 18.2 Å². The molecule has 7 heteroatoms. The Morgan fingerprint density at radius 3 is 2.45 bits per heavy atom. The van der Waals surface area contributed by atoms with Gasteiger partial charge in [0.2, 0.25) is 0 Å². The van der Waals surface area contributed by atoms with Gasteiger partial charge in [0.1, 0.15) is 12.3 Å². The fourth-order valence-corrected chi connectivity index (χ4v) is 2.97. The summed E-state index contributed by atoms with van der Waals surface area (Å²) in [4.78, 5) is 4.58. The molecule has 0 spiro atoms. The van der Waals surface area contributed by atoms with Crippen LogP contribution in [0.15, 0.2) is 73.1 Å². The summed E-state index contributed by atoms with van der Waals surface area (Å²) in [5, 5.41) is 0. The minimum Gasteiger partial charge on any atom is -0.493 e. The number of rotatable bonds is 5. The van der Waals surface area contributed by atoms with Crippen LogP contribution in [-0.4, -0.2) is 16.5 Å². The van der Waals surface area contributed by atoms with Gasteiger partial charge in [-0.2, -0.15) is 13.2 Å². The van der Waals surface area contributed by atoms with E-state index in [1.54, 1.807) is 6.07 Å². The molecule has 0 atom stereocenters. The first kappa shape index (κ1) is 18.9. The van der Waals surface area contributed by atoms with Crippen molar-refractivity contribution in [3.63, 3.8) is 0 Å². The van der Waals surface area contributed by atoms with Crippen LogP contribution in [0.4, 0.5) is 13.2 Å². The summed E-state index contributed by atoms with van der Waals surface area (Å²) in [6.07, 6.45) is -0.506. The largest absolute Gasteiger partial charge is 0.493 e. The second-order valence-corrected chi connectivity index (χ2v) is 6.44. The van der Waals surface area contributed by atoms with Gasteiger partial charge in [-0.3, -0.25) is 0 Å². The summed E-state index contributed by atoms with van der Waals surface area (Å²) in [5.74, 6) is 1.02. The van der Waals surface area contributed by atoms with Crippen LogP contribution in [0.5, 0.6) is 11.5 Å². The van der Waals surface area contributed by atoms with Crippen molar-refractivity contribution < 1.29 is 22.6 Å². The molecule has 4 rings (SSSR count). The van der Waals surface area contributed by atoms with E-state index in [-0.39, 0.29) is 6.61 Å². The van der Waals surface area contributed by atoms with Gasteiger partial charge in [-0.25, -0.2) is 4.98 Å². The van der Waals surface area contributed by atoms with Crippen LogP contribution in [0.1, 0.15) is 11.1 Å². The van der Waals surface area contributed by atoms with E-state index < -0.39 is 11.7 Å².